The van der Waals surface area contributed by atoms with E-state index in [0.29, 0.717) is 0 Å². The van der Waals surface area contributed by atoms with Crippen molar-refractivity contribution in [3.63, 3.8) is 0 Å². The molecule has 0 aliphatic carbocycles. The lowest BCUT2D eigenvalue weighted by Crippen LogP contribution is -2.36. The van der Waals surface area contributed by atoms with Crippen molar-refractivity contribution in [2.75, 3.05) is 6.61 Å². The number of nitrogens with two attached hydrogens (primary N) is 1. The Kier molecular flexibility index (Phi) is 14.8. The lowest BCUT2D eigenvalue weighted by atomic mass is 10.0. The first kappa shape index (κ1) is 21.4. The molecule has 0 saturated heterocycles. The molecule has 4 N–H and O–H groups in total. The number of hydrogen-bond donors (Lipinski definition) is 3. The minimum atomic E-state index is -0.747. The van der Waals surface area contributed by atoms with E-state index in [2.05, 4.69) is 19.9 Å². The van der Waals surface area contributed by atoms with E-state index in [4.69, 9.17) is 10.8 Å². The molecule has 3 nitrogen and oxygen atoms in total. The third-order valence-electron chi connectivity index (χ3n) is 3.98. The summed E-state index contributed by atoms with van der Waals surface area (Å²) in [5, 5.41) is 18.4. The highest BCUT2D eigenvalue weighted by Gasteiger charge is 2.08. The first-order valence-electron chi connectivity index (χ1n) is 8.98. The molecule has 0 fully saturated rings. The molecule has 0 amide bonds. The number of hydrogen-bond acceptors (Lipinski definition) is 3. The van der Waals surface area contributed by atoms with E-state index in [9.17, 15) is 5.11 Å². The van der Waals surface area contributed by atoms with Crippen LogP contribution in [0, 0.1) is 0 Å². The van der Waals surface area contributed by atoms with E-state index >= 15 is 0 Å². The number of rotatable bonds is 14. The Bertz CT molecular complexity index is 300. The van der Waals surface area contributed by atoms with E-state index in [1.807, 2.05) is 6.08 Å². The Labute approximate surface area is 137 Å². The van der Waals surface area contributed by atoms with Crippen molar-refractivity contribution < 1.29 is 10.2 Å². The normalized spacial score (nSPS) is 15.4. The van der Waals surface area contributed by atoms with Crippen LogP contribution in [0.3, 0.4) is 0 Å². The van der Waals surface area contributed by atoms with E-state index in [1.165, 1.54) is 56.9 Å². The predicted octanol–water partition coefficient (Wildman–Crippen LogP) is 4.09. The molecule has 0 spiro atoms. The molecule has 0 aliphatic rings. The zero-order valence-electron chi connectivity index (χ0n) is 14.6. The summed E-state index contributed by atoms with van der Waals surface area (Å²) in [5.41, 5.74) is 6.99. The van der Waals surface area contributed by atoms with Crippen molar-refractivity contribution in [3.8, 4) is 0 Å². The predicted molar refractivity (Wildman–Crippen MR) is 95.8 cm³/mol. The molecular weight excluding hydrogens is 274 g/mol. The van der Waals surface area contributed by atoms with Crippen LogP contribution in [0.1, 0.15) is 78.1 Å². The monoisotopic (exact) mass is 311 g/mol. The largest absolute Gasteiger partial charge is 0.395 e. The zero-order chi connectivity index (χ0) is 16.6. The van der Waals surface area contributed by atoms with Crippen molar-refractivity contribution >= 4 is 0 Å². The van der Waals surface area contributed by atoms with Crippen molar-refractivity contribution in [1.29, 1.82) is 0 Å². The smallest absolute Gasteiger partial charge is 0.0894 e. The average molecular weight is 312 g/mol. The maximum Gasteiger partial charge on any atom is 0.0894 e. The van der Waals surface area contributed by atoms with Crippen LogP contribution in [0.25, 0.3) is 0 Å². The molecular formula is C19H37NO2. The summed E-state index contributed by atoms with van der Waals surface area (Å²) in [6.45, 7) is 4.27. The summed E-state index contributed by atoms with van der Waals surface area (Å²) in [6.07, 6.45) is 17.8. The summed E-state index contributed by atoms with van der Waals surface area (Å²) in [5.74, 6) is 0. The van der Waals surface area contributed by atoms with Crippen LogP contribution in [0.2, 0.25) is 0 Å². The Morgan fingerprint density at radius 1 is 1.05 bits per heavy atom. The summed E-state index contributed by atoms with van der Waals surface area (Å²) in [4.78, 5) is 0. The summed E-state index contributed by atoms with van der Waals surface area (Å²) in [7, 11) is 0. The Balaban J connectivity index is 3.58. The summed E-state index contributed by atoms with van der Waals surface area (Å²) >= 11 is 0. The minimum absolute atomic E-state index is 0.192. The molecule has 0 saturated carbocycles. The van der Waals surface area contributed by atoms with Gasteiger partial charge in [0.25, 0.3) is 0 Å². The first-order valence-corrected chi connectivity index (χ1v) is 8.98. The lowest BCUT2D eigenvalue weighted by Gasteiger charge is -2.11. The van der Waals surface area contributed by atoms with Crippen LogP contribution in [-0.4, -0.2) is 29.0 Å². The Morgan fingerprint density at radius 3 is 2.32 bits per heavy atom. The number of aliphatic hydroxyl groups is 2. The van der Waals surface area contributed by atoms with Gasteiger partial charge >= 0.3 is 0 Å². The van der Waals surface area contributed by atoms with Crippen LogP contribution in [0.4, 0.5) is 0 Å². The van der Waals surface area contributed by atoms with Crippen LogP contribution in [0.15, 0.2) is 23.8 Å². The number of allylic oxidation sites excluding steroid dienone is 3. The lowest BCUT2D eigenvalue weighted by molar-refractivity contribution is 0.144. The number of unbranched alkanes of at least 4 members (excludes halogenated alkanes) is 7. The van der Waals surface area contributed by atoms with Gasteiger partial charge in [-0.15, -0.1) is 0 Å². The molecule has 0 rings (SSSR count). The van der Waals surface area contributed by atoms with Gasteiger partial charge < -0.3 is 15.9 Å². The molecule has 0 heterocycles. The van der Waals surface area contributed by atoms with Crippen LogP contribution in [-0.2, 0) is 0 Å². The molecule has 0 bridgehead atoms. The number of aliphatic hydroxyl groups excluding tert-OH is 2. The quantitative estimate of drug-likeness (QED) is 0.334. The van der Waals surface area contributed by atoms with Crippen molar-refractivity contribution in [2.45, 2.75) is 90.2 Å². The third kappa shape index (κ3) is 13.1. The van der Waals surface area contributed by atoms with Crippen molar-refractivity contribution in [2.24, 2.45) is 5.73 Å². The van der Waals surface area contributed by atoms with Gasteiger partial charge in [-0.2, -0.15) is 0 Å². The molecule has 0 aromatic carbocycles. The van der Waals surface area contributed by atoms with Gasteiger partial charge in [-0.05, 0) is 32.6 Å². The van der Waals surface area contributed by atoms with Crippen LogP contribution < -0.4 is 5.73 Å². The third-order valence-corrected chi connectivity index (χ3v) is 3.98. The SMILES string of the molecule is CCCCCCCCC/C(C)=C/CC/C=C/C(O)C(N)CO. The van der Waals surface area contributed by atoms with Gasteiger partial charge in [0, 0.05) is 0 Å². The van der Waals surface area contributed by atoms with Gasteiger partial charge in [0.2, 0.25) is 0 Å². The van der Waals surface area contributed by atoms with E-state index in [0.717, 1.165) is 12.8 Å². The fourth-order valence-corrected chi connectivity index (χ4v) is 2.38. The maximum atomic E-state index is 9.56. The van der Waals surface area contributed by atoms with E-state index < -0.39 is 12.1 Å². The maximum absolute atomic E-state index is 9.56. The molecule has 0 aliphatic heterocycles. The molecule has 22 heavy (non-hydrogen) atoms. The van der Waals surface area contributed by atoms with Crippen molar-refractivity contribution in [1.82, 2.24) is 0 Å². The molecule has 2 atom stereocenters. The van der Waals surface area contributed by atoms with Gasteiger partial charge in [-0.1, -0.05) is 69.2 Å². The summed E-state index contributed by atoms with van der Waals surface area (Å²) in [6, 6.07) is -0.578. The molecule has 0 radical (unpaired) electrons. The second-order valence-electron chi connectivity index (χ2n) is 6.26. The van der Waals surface area contributed by atoms with Crippen molar-refractivity contribution in [3.05, 3.63) is 23.8 Å². The zero-order valence-corrected chi connectivity index (χ0v) is 14.6. The minimum Gasteiger partial charge on any atom is -0.395 e. The molecule has 0 aromatic rings. The van der Waals surface area contributed by atoms with Crippen LogP contribution in [0.5, 0.6) is 0 Å². The fraction of sp³-hybridized carbons (Fsp3) is 0.789. The highest BCUT2D eigenvalue weighted by molar-refractivity contribution is 5.00. The second kappa shape index (κ2) is 15.3. The highest BCUT2D eigenvalue weighted by atomic mass is 16.3. The Hall–Kier alpha value is -0.640. The van der Waals surface area contributed by atoms with Gasteiger partial charge in [-0.3, -0.25) is 0 Å². The standard InChI is InChI=1S/C19H37NO2/c1-3-4-5-6-7-8-10-13-17(2)14-11-9-12-15-19(22)18(20)16-21/h12,14-15,18-19,21-22H,3-11,13,16,20H2,1-2H3/b15-12+,17-14+. The fourth-order valence-electron chi connectivity index (χ4n) is 2.38. The van der Waals surface area contributed by atoms with Gasteiger partial charge in [0.1, 0.15) is 0 Å². The van der Waals surface area contributed by atoms with Gasteiger partial charge in [0.05, 0.1) is 18.8 Å². The van der Waals surface area contributed by atoms with Crippen LogP contribution >= 0.6 is 0 Å². The highest BCUT2D eigenvalue weighted by Crippen LogP contribution is 2.13. The average Bonchev–Trinajstić information content (AvgIpc) is 2.52. The van der Waals surface area contributed by atoms with E-state index in [1.54, 1.807) is 6.08 Å². The molecule has 3 heteroatoms. The molecule has 2 unspecified atom stereocenters. The van der Waals surface area contributed by atoms with Gasteiger partial charge in [-0.25, -0.2) is 0 Å². The van der Waals surface area contributed by atoms with E-state index in [-0.39, 0.29) is 6.61 Å². The molecule has 0 aromatic heterocycles. The van der Waals surface area contributed by atoms with Gasteiger partial charge in [0.15, 0.2) is 0 Å². The summed E-state index contributed by atoms with van der Waals surface area (Å²) < 4.78 is 0. The second-order valence-corrected chi connectivity index (χ2v) is 6.26. The Morgan fingerprint density at radius 2 is 1.68 bits per heavy atom. The molecule has 130 valence electrons. The first-order chi connectivity index (χ1) is 10.6. The topological polar surface area (TPSA) is 66.5 Å².